The molecule has 2 nitrogen and oxygen atoms in total. The topological polar surface area (TPSA) is 16.1 Å². The predicted molar refractivity (Wildman–Crippen MR) is 55.2 cm³/mol. The highest BCUT2D eigenvalue weighted by molar-refractivity contribution is 5.52. The van der Waals surface area contributed by atoms with E-state index in [2.05, 4.69) is 35.9 Å². The van der Waals surface area contributed by atoms with Crippen molar-refractivity contribution in [3.05, 3.63) is 23.4 Å². The van der Waals surface area contributed by atoms with E-state index < -0.39 is 0 Å². The molecule has 0 spiro atoms. The fourth-order valence-corrected chi connectivity index (χ4v) is 1.85. The largest absolute Gasteiger partial charge is 0.356 e. The average molecular weight is 176 g/mol. The minimum absolute atomic E-state index is 1.03. The first-order valence-corrected chi connectivity index (χ1v) is 5.09. The number of pyridine rings is 1. The van der Waals surface area contributed by atoms with Crippen LogP contribution in [0.25, 0.3) is 0 Å². The summed E-state index contributed by atoms with van der Waals surface area (Å²) in [5, 5.41) is 0. The number of anilines is 1. The highest BCUT2D eigenvalue weighted by Gasteiger charge is 2.18. The highest BCUT2D eigenvalue weighted by Crippen LogP contribution is 2.25. The van der Waals surface area contributed by atoms with Gasteiger partial charge in [0.25, 0.3) is 0 Å². The van der Waals surface area contributed by atoms with Gasteiger partial charge < -0.3 is 4.90 Å². The van der Waals surface area contributed by atoms with Crippen molar-refractivity contribution in [1.29, 1.82) is 0 Å². The van der Waals surface area contributed by atoms with E-state index in [0.717, 1.165) is 19.5 Å². The molecule has 0 fully saturated rings. The number of fused-ring (bicyclic) bond motifs is 1. The van der Waals surface area contributed by atoms with Gasteiger partial charge in [-0.1, -0.05) is 13.0 Å². The van der Waals surface area contributed by atoms with Gasteiger partial charge in [-0.25, -0.2) is 4.98 Å². The maximum Gasteiger partial charge on any atom is 0.132 e. The third-order valence-corrected chi connectivity index (χ3v) is 2.71. The van der Waals surface area contributed by atoms with Crippen LogP contribution in [0.3, 0.4) is 0 Å². The normalized spacial score (nSPS) is 14.8. The van der Waals surface area contributed by atoms with Gasteiger partial charge in [0.2, 0.25) is 0 Å². The Bertz CT molecular complexity index is 307. The summed E-state index contributed by atoms with van der Waals surface area (Å²) in [4.78, 5) is 7.01. The van der Waals surface area contributed by atoms with Crippen molar-refractivity contribution >= 4 is 5.82 Å². The third kappa shape index (κ3) is 1.41. The van der Waals surface area contributed by atoms with Gasteiger partial charge in [0.05, 0.1) is 0 Å². The second kappa shape index (κ2) is 3.36. The molecule has 1 aliphatic rings. The van der Waals surface area contributed by atoms with Gasteiger partial charge >= 0.3 is 0 Å². The molecule has 1 aromatic rings. The molecule has 1 aliphatic heterocycles. The summed E-state index contributed by atoms with van der Waals surface area (Å²) >= 11 is 0. The lowest BCUT2D eigenvalue weighted by molar-refractivity contribution is 0.853. The first-order valence-electron chi connectivity index (χ1n) is 5.09. The Morgan fingerprint density at radius 2 is 2.23 bits per heavy atom. The Hall–Kier alpha value is -1.05. The van der Waals surface area contributed by atoms with Crippen LogP contribution >= 0.6 is 0 Å². The van der Waals surface area contributed by atoms with Gasteiger partial charge in [0, 0.05) is 18.8 Å². The summed E-state index contributed by atoms with van der Waals surface area (Å²) in [5.74, 6) is 1.22. The lowest BCUT2D eigenvalue weighted by Crippen LogP contribution is -2.20. The van der Waals surface area contributed by atoms with Crippen LogP contribution in [0.15, 0.2) is 12.1 Å². The van der Waals surface area contributed by atoms with Gasteiger partial charge in [-0.3, -0.25) is 0 Å². The molecule has 0 atom stereocenters. The molecule has 2 rings (SSSR count). The number of rotatable bonds is 2. The number of aromatic nitrogens is 1. The van der Waals surface area contributed by atoms with Gasteiger partial charge in [-0.15, -0.1) is 0 Å². The molecule has 0 radical (unpaired) electrons. The smallest absolute Gasteiger partial charge is 0.132 e. The van der Waals surface area contributed by atoms with E-state index in [9.17, 15) is 0 Å². The molecule has 0 saturated carbocycles. The summed E-state index contributed by atoms with van der Waals surface area (Å²) in [6, 6.07) is 4.38. The standard InChI is InChI=1S/C11H16N2/c1-3-10-6-5-9-7-8-13(4-2)11(9)12-10/h5-6H,3-4,7-8H2,1-2H3. The van der Waals surface area contributed by atoms with E-state index in [1.807, 2.05) is 0 Å². The number of aryl methyl sites for hydroxylation is 1. The molecule has 0 aromatic carbocycles. The molecule has 0 N–H and O–H groups in total. The number of hydrogen-bond acceptors (Lipinski definition) is 2. The maximum absolute atomic E-state index is 4.65. The molecule has 1 aromatic heterocycles. The molecule has 13 heavy (non-hydrogen) atoms. The van der Waals surface area contributed by atoms with E-state index in [4.69, 9.17) is 0 Å². The minimum Gasteiger partial charge on any atom is -0.356 e. The SMILES string of the molecule is CCc1ccc2c(n1)N(CC)CC2. The number of hydrogen-bond donors (Lipinski definition) is 0. The van der Waals surface area contributed by atoms with E-state index in [1.54, 1.807) is 0 Å². The monoisotopic (exact) mass is 176 g/mol. The quantitative estimate of drug-likeness (QED) is 0.685. The summed E-state index contributed by atoms with van der Waals surface area (Å²) < 4.78 is 0. The molecular weight excluding hydrogens is 160 g/mol. The first kappa shape index (κ1) is 8.54. The Kier molecular flexibility index (Phi) is 2.21. The Morgan fingerprint density at radius 1 is 1.38 bits per heavy atom. The molecule has 70 valence electrons. The predicted octanol–water partition coefficient (Wildman–Crippen LogP) is 2.03. The molecule has 0 bridgehead atoms. The maximum atomic E-state index is 4.65. The lowest BCUT2D eigenvalue weighted by atomic mass is 10.2. The summed E-state index contributed by atoms with van der Waals surface area (Å²) in [6.07, 6.45) is 2.20. The van der Waals surface area contributed by atoms with Crippen molar-refractivity contribution in [2.75, 3.05) is 18.0 Å². The fourth-order valence-electron chi connectivity index (χ4n) is 1.85. The Morgan fingerprint density at radius 3 is 2.92 bits per heavy atom. The van der Waals surface area contributed by atoms with E-state index in [1.165, 1.54) is 23.5 Å². The summed E-state index contributed by atoms with van der Waals surface area (Å²) in [6.45, 7) is 6.56. The van der Waals surface area contributed by atoms with Crippen molar-refractivity contribution in [3.63, 3.8) is 0 Å². The number of nitrogens with zero attached hydrogens (tertiary/aromatic N) is 2. The molecule has 0 amide bonds. The minimum atomic E-state index is 1.03. The third-order valence-electron chi connectivity index (χ3n) is 2.71. The van der Waals surface area contributed by atoms with Crippen LogP contribution in [0.2, 0.25) is 0 Å². The van der Waals surface area contributed by atoms with Crippen molar-refractivity contribution < 1.29 is 0 Å². The van der Waals surface area contributed by atoms with Crippen LogP contribution in [-0.2, 0) is 12.8 Å². The zero-order chi connectivity index (χ0) is 9.26. The Balaban J connectivity index is 2.37. The lowest BCUT2D eigenvalue weighted by Gasteiger charge is -2.15. The van der Waals surface area contributed by atoms with Crippen LogP contribution in [0.4, 0.5) is 5.82 Å². The molecule has 0 saturated heterocycles. The molecule has 2 heterocycles. The van der Waals surface area contributed by atoms with Crippen molar-refractivity contribution in [3.8, 4) is 0 Å². The second-order valence-electron chi connectivity index (χ2n) is 3.47. The van der Waals surface area contributed by atoms with Crippen LogP contribution < -0.4 is 4.90 Å². The zero-order valence-corrected chi connectivity index (χ0v) is 8.38. The summed E-state index contributed by atoms with van der Waals surface area (Å²) in [7, 11) is 0. The molecule has 0 unspecified atom stereocenters. The molecule has 2 heteroatoms. The van der Waals surface area contributed by atoms with E-state index in [0.29, 0.717) is 0 Å². The summed E-state index contributed by atoms with van der Waals surface area (Å²) in [5.41, 5.74) is 2.62. The molecule has 0 aliphatic carbocycles. The van der Waals surface area contributed by atoms with Gasteiger partial charge in [-0.05, 0) is 31.4 Å². The second-order valence-corrected chi connectivity index (χ2v) is 3.47. The van der Waals surface area contributed by atoms with Crippen LogP contribution in [0.1, 0.15) is 25.1 Å². The van der Waals surface area contributed by atoms with Crippen molar-refractivity contribution in [2.24, 2.45) is 0 Å². The van der Waals surface area contributed by atoms with Crippen LogP contribution in [-0.4, -0.2) is 18.1 Å². The molecular formula is C11H16N2. The van der Waals surface area contributed by atoms with Crippen molar-refractivity contribution in [2.45, 2.75) is 26.7 Å². The van der Waals surface area contributed by atoms with Gasteiger partial charge in [0.1, 0.15) is 5.82 Å². The highest BCUT2D eigenvalue weighted by atomic mass is 15.2. The number of likely N-dealkylation sites (N-methyl/N-ethyl adjacent to an activating group) is 1. The van der Waals surface area contributed by atoms with Crippen LogP contribution in [0.5, 0.6) is 0 Å². The van der Waals surface area contributed by atoms with Crippen molar-refractivity contribution in [1.82, 2.24) is 4.98 Å². The first-order chi connectivity index (χ1) is 6.35. The van der Waals surface area contributed by atoms with Gasteiger partial charge in [0.15, 0.2) is 0 Å². The average Bonchev–Trinajstić information content (AvgIpc) is 2.59. The Labute approximate surface area is 79.6 Å². The van der Waals surface area contributed by atoms with Gasteiger partial charge in [-0.2, -0.15) is 0 Å². The van der Waals surface area contributed by atoms with E-state index in [-0.39, 0.29) is 0 Å². The van der Waals surface area contributed by atoms with E-state index >= 15 is 0 Å². The van der Waals surface area contributed by atoms with Crippen LogP contribution in [0, 0.1) is 0 Å². The zero-order valence-electron chi connectivity index (χ0n) is 8.38. The fraction of sp³-hybridized carbons (Fsp3) is 0.545.